The minimum atomic E-state index is 0.00603. The highest BCUT2D eigenvalue weighted by Gasteiger charge is 2.42. The molecule has 0 aromatic heterocycles. The summed E-state index contributed by atoms with van der Waals surface area (Å²) in [6.07, 6.45) is 3.40. The lowest BCUT2D eigenvalue weighted by Gasteiger charge is -2.24. The molecule has 10 aromatic rings. The van der Waals surface area contributed by atoms with Crippen LogP contribution in [-0.4, -0.2) is 0 Å². The van der Waals surface area contributed by atoms with Crippen LogP contribution in [-0.2, 0) is 23.7 Å². The van der Waals surface area contributed by atoms with E-state index in [0.29, 0.717) is 0 Å². The number of benzene rings is 10. The second kappa shape index (κ2) is 23.3. The highest BCUT2D eigenvalue weighted by molar-refractivity contribution is 6.05. The van der Waals surface area contributed by atoms with Gasteiger partial charge in [0.05, 0.1) is 0 Å². The first-order chi connectivity index (χ1) is 34.4. The van der Waals surface area contributed by atoms with Gasteiger partial charge in [-0.05, 0) is 145 Å². The molecule has 0 saturated heterocycles. The minimum absolute atomic E-state index is 0.00603. The van der Waals surface area contributed by atoms with Gasteiger partial charge in [0.25, 0.3) is 0 Å². The Kier molecular flexibility index (Phi) is 17.0. The summed E-state index contributed by atoms with van der Waals surface area (Å²) in [4.78, 5) is 0. The van der Waals surface area contributed by atoms with Crippen LogP contribution in [0.4, 0.5) is 0 Å². The average molecular weight is 929 g/mol. The van der Waals surface area contributed by atoms with Gasteiger partial charge >= 0.3 is 0 Å². The largest absolute Gasteiger partial charge is 0.0683 e. The highest BCUT2D eigenvalue weighted by atomic mass is 14.4. The van der Waals surface area contributed by atoms with Crippen molar-refractivity contribution in [2.45, 2.75) is 113 Å². The Hall–Kier alpha value is -7.02. The Morgan fingerprint density at radius 2 is 0.817 bits per heavy atom. The van der Waals surface area contributed by atoms with E-state index in [0.717, 1.165) is 6.42 Å². The fourth-order valence-electron chi connectivity index (χ4n) is 10.7. The molecule has 2 aliphatic carbocycles. The lowest BCUT2D eigenvalue weighted by molar-refractivity contribution is 0.651. The van der Waals surface area contributed by atoms with Crippen LogP contribution in [0.3, 0.4) is 0 Å². The van der Waals surface area contributed by atoms with E-state index in [-0.39, 0.29) is 10.8 Å². The van der Waals surface area contributed by atoms with Gasteiger partial charge in [-0.25, -0.2) is 0 Å². The Bertz CT molecular complexity index is 3340. The van der Waals surface area contributed by atoms with Crippen LogP contribution in [0.25, 0.3) is 54.6 Å². The van der Waals surface area contributed by atoms with Crippen LogP contribution in [0.15, 0.2) is 206 Å². The summed E-state index contributed by atoms with van der Waals surface area (Å²) in [5.41, 5.74) is 19.9. The van der Waals surface area contributed by atoms with Gasteiger partial charge in [0.1, 0.15) is 0 Å². The molecule has 12 rings (SSSR count). The number of rotatable bonds is 4. The summed E-state index contributed by atoms with van der Waals surface area (Å²) in [6, 6.07) is 74.5. The molecule has 0 heteroatoms. The van der Waals surface area contributed by atoms with Gasteiger partial charge in [-0.3, -0.25) is 0 Å². The molecule has 0 nitrogen and oxygen atoms in total. The molecule has 0 bridgehead atoms. The summed E-state index contributed by atoms with van der Waals surface area (Å²) >= 11 is 0. The number of hydrogen-bond donors (Lipinski definition) is 0. The van der Waals surface area contributed by atoms with Crippen LogP contribution in [0.2, 0.25) is 0 Å². The molecule has 0 aliphatic heterocycles. The molecule has 0 amide bonds. The van der Waals surface area contributed by atoms with Gasteiger partial charge in [-0.2, -0.15) is 0 Å². The lowest BCUT2D eigenvalue weighted by atomic mass is 9.79. The van der Waals surface area contributed by atoms with Crippen molar-refractivity contribution in [2.75, 3.05) is 0 Å². The predicted molar refractivity (Wildman–Crippen MR) is 314 cm³/mol. The van der Waals surface area contributed by atoms with E-state index in [1.54, 1.807) is 0 Å². The average Bonchev–Trinajstić information content (AvgIpc) is 3.76. The van der Waals surface area contributed by atoms with Crippen LogP contribution >= 0.6 is 0 Å². The normalized spacial score (nSPS) is 12.6. The number of aryl methyl sites for hydroxylation is 4. The molecule has 0 atom stereocenters. The van der Waals surface area contributed by atoms with E-state index >= 15 is 0 Å². The van der Waals surface area contributed by atoms with E-state index in [9.17, 15) is 0 Å². The van der Waals surface area contributed by atoms with Crippen molar-refractivity contribution < 1.29 is 0 Å². The van der Waals surface area contributed by atoms with Crippen LogP contribution < -0.4 is 0 Å². The fraction of sp³-hybridized carbons (Fsp3) is 0.239. The van der Waals surface area contributed by atoms with Gasteiger partial charge in [0.15, 0.2) is 0 Å². The molecular formula is C71H76. The van der Waals surface area contributed by atoms with Crippen molar-refractivity contribution in [3.63, 3.8) is 0 Å². The predicted octanol–water partition coefficient (Wildman–Crippen LogP) is 20.3. The summed E-state index contributed by atoms with van der Waals surface area (Å²) in [7, 11) is 0. The van der Waals surface area contributed by atoms with Crippen molar-refractivity contribution in [1.82, 2.24) is 0 Å². The second-order valence-corrected chi connectivity index (χ2v) is 19.7. The minimum Gasteiger partial charge on any atom is -0.0683 e. The van der Waals surface area contributed by atoms with Crippen molar-refractivity contribution >= 4 is 32.3 Å². The van der Waals surface area contributed by atoms with E-state index in [4.69, 9.17) is 0 Å². The van der Waals surface area contributed by atoms with Crippen molar-refractivity contribution in [2.24, 2.45) is 0 Å². The lowest BCUT2D eigenvalue weighted by Crippen LogP contribution is -2.17. The summed E-state index contributed by atoms with van der Waals surface area (Å²) < 4.78 is 0. The fourth-order valence-corrected chi connectivity index (χ4v) is 10.7. The van der Waals surface area contributed by atoms with Crippen LogP contribution in [0.1, 0.15) is 124 Å². The van der Waals surface area contributed by atoms with E-state index < -0.39 is 0 Å². The quantitative estimate of drug-likeness (QED) is 0.165. The molecule has 10 aromatic carbocycles. The molecule has 0 unspecified atom stereocenters. The zero-order valence-electron chi connectivity index (χ0n) is 44.8. The zero-order valence-corrected chi connectivity index (χ0v) is 44.8. The Balaban J connectivity index is 0.000000153. The monoisotopic (exact) mass is 929 g/mol. The third-order valence-electron chi connectivity index (χ3n) is 14.3. The van der Waals surface area contributed by atoms with Crippen molar-refractivity contribution in [3.05, 3.63) is 262 Å². The van der Waals surface area contributed by atoms with E-state index in [2.05, 4.69) is 243 Å². The van der Waals surface area contributed by atoms with Crippen LogP contribution in [0.5, 0.6) is 0 Å². The Morgan fingerprint density at radius 3 is 1.41 bits per heavy atom. The maximum atomic E-state index is 2.52. The molecule has 360 valence electrons. The maximum absolute atomic E-state index is 2.52. The molecule has 0 radical (unpaired) electrons. The SMILES string of the molecule is CC.CC.CCCc1cccc2ccccc12.Cc1ccc2c(c1)C(C)(C)c1cc3c(cc1-2)C(C)(C)c1cc(C)c2ccccc2c1-3.Cc1ccccc1.c1ccc(Cc2cccc3ccccc23)cc1. The topological polar surface area (TPSA) is 0 Å². The molecule has 0 N–H and O–H groups in total. The molecule has 0 saturated carbocycles. The molecule has 2 aliphatic rings. The van der Waals surface area contributed by atoms with Gasteiger partial charge < -0.3 is 0 Å². The molecule has 0 heterocycles. The first-order valence-corrected chi connectivity index (χ1v) is 26.3. The number of hydrogen-bond acceptors (Lipinski definition) is 0. The smallest absolute Gasteiger partial charge is 0.0159 e. The maximum Gasteiger partial charge on any atom is 0.0159 e. The van der Waals surface area contributed by atoms with Gasteiger partial charge in [0.2, 0.25) is 0 Å². The molecule has 71 heavy (non-hydrogen) atoms. The second-order valence-electron chi connectivity index (χ2n) is 19.7. The zero-order chi connectivity index (χ0) is 50.7. The third kappa shape index (κ3) is 11.0. The summed E-state index contributed by atoms with van der Waals surface area (Å²) in [6.45, 7) is 26.3. The van der Waals surface area contributed by atoms with Crippen LogP contribution in [0, 0.1) is 20.8 Å². The van der Waals surface area contributed by atoms with E-state index in [1.807, 2.05) is 45.9 Å². The molecular weight excluding hydrogens is 853 g/mol. The first-order valence-electron chi connectivity index (χ1n) is 26.3. The van der Waals surface area contributed by atoms with Gasteiger partial charge in [-0.15, -0.1) is 0 Å². The summed E-state index contributed by atoms with van der Waals surface area (Å²) in [5, 5.41) is 8.21. The van der Waals surface area contributed by atoms with Gasteiger partial charge in [-0.1, -0.05) is 274 Å². The Morgan fingerprint density at radius 1 is 0.352 bits per heavy atom. The summed E-state index contributed by atoms with van der Waals surface area (Å²) in [5.74, 6) is 0. The third-order valence-corrected chi connectivity index (χ3v) is 14.3. The highest BCUT2D eigenvalue weighted by Crippen LogP contribution is 2.57. The molecule has 0 spiro atoms. The van der Waals surface area contributed by atoms with Crippen molar-refractivity contribution in [3.8, 4) is 22.3 Å². The first kappa shape index (κ1) is 51.8. The van der Waals surface area contributed by atoms with E-state index in [1.165, 1.54) is 123 Å². The molecule has 0 fully saturated rings. The standard InChI is InChI=1S/C30H28.C17H14.C13H14.C7H8.2C2H6/c1-17-11-12-20-22-15-26-23(16-25(22)29(3,4)24(20)13-17)28-21-10-8-7-9-19(21)18(2)14-27(28)30(26,5)6;1-2-7-14(8-3-1)13-16-11-6-10-15-9-4-5-12-17(15)16;1-2-6-11-8-5-9-12-7-3-4-10-13(11)12;1-7-5-3-2-4-6-7;2*1-2/h7-16H,1-6H3;1-12H,13H2;3-5,7-10H,2,6H2,1H3;2-6H,1H3;2*1-2H3. The van der Waals surface area contributed by atoms with Gasteiger partial charge in [0, 0.05) is 10.8 Å². The van der Waals surface area contributed by atoms with Crippen molar-refractivity contribution in [1.29, 1.82) is 0 Å². The Labute approximate surface area is 427 Å². The number of fused-ring (bicyclic) bond motifs is 10.